The SMILES string of the molecule is C=C1Nc2ccccc2C(=O)N1c1cccc(NC(=O)c2ccc(C)c(C)c2)c1. The second-order valence-corrected chi connectivity index (χ2v) is 7.06. The maximum atomic E-state index is 13.0. The van der Waals surface area contributed by atoms with Gasteiger partial charge in [0.1, 0.15) is 5.82 Å². The van der Waals surface area contributed by atoms with Crippen LogP contribution in [0.5, 0.6) is 0 Å². The molecule has 1 aliphatic rings. The molecule has 0 saturated carbocycles. The fraction of sp³-hybridized carbons (Fsp3) is 0.0833. The van der Waals surface area contributed by atoms with Gasteiger partial charge in [0.2, 0.25) is 0 Å². The molecule has 144 valence electrons. The topological polar surface area (TPSA) is 61.4 Å². The molecule has 4 rings (SSSR count). The lowest BCUT2D eigenvalue weighted by atomic mass is 10.1. The predicted molar refractivity (Wildman–Crippen MR) is 116 cm³/mol. The molecule has 2 amide bonds. The molecule has 3 aromatic carbocycles. The number of benzene rings is 3. The number of para-hydroxylation sites is 1. The van der Waals surface area contributed by atoms with Gasteiger partial charge in [0.25, 0.3) is 11.8 Å². The van der Waals surface area contributed by atoms with Gasteiger partial charge >= 0.3 is 0 Å². The first-order chi connectivity index (χ1) is 13.9. The van der Waals surface area contributed by atoms with Crippen molar-refractivity contribution in [3.05, 3.63) is 101 Å². The smallest absolute Gasteiger partial charge is 0.266 e. The van der Waals surface area contributed by atoms with Crippen LogP contribution >= 0.6 is 0 Å². The maximum Gasteiger partial charge on any atom is 0.266 e. The number of carbonyl (C=O) groups excluding carboxylic acids is 2. The zero-order chi connectivity index (χ0) is 20.5. The maximum absolute atomic E-state index is 13.0. The third-order valence-corrected chi connectivity index (χ3v) is 5.04. The van der Waals surface area contributed by atoms with E-state index in [4.69, 9.17) is 0 Å². The van der Waals surface area contributed by atoms with Crippen LogP contribution in [0.15, 0.2) is 79.1 Å². The van der Waals surface area contributed by atoms with Gasteiger partial charge < -0.3 is 10.6 Å². The lowest BCUT2D eigenvalue weighted by Gasteiger charge is -2.31. The summed E-state index contributed by atoms with van der Waals surface area (Å²) in [6, 6.07) is 20.1. The van der Waals surface area contributed by atoms with Crippen molar-refractivity contribution in [2.75, 3.05) is 15.5 Å². The van der Waals surface area contributed by atoms with Crippen molar-refractivity contribution in [3.63, 3.8) is 0 Å². The third kappa shape index (κ3) is 3.50. The molecule has 5 nitrogen and oxygen atoms in total. The molecule has 0 aromatic heterocycles. The minimum Gasteiger partial charge on any atom is -0.341 e. The minimum absolute atomic E-state index is 0.165. The molecule has 0 bridgehead atoms. The molecule has 0 aliphatic carbocycles. The van der Waals surface area contributed by atoms with Gasteiger partial charge in [-0.05, 0) is 67.4 Å². The molecule has 1 heterocycles. The van der Waals surface area contributed by atoms with Crippen molar-refractivity contribution in [2.24, 2.45) is 0 Å². The van der Waals surface area contributed by atoms with Crippen molar-refractivity contribution in [2.45, 2.75) is 13.8 Å². The lowest BCUT2D eigenvalue weighted by Crippen LogP contribution is -2.37. The highest BCUT2D eigenvalue weighted by Crippen LogP contribution is 2.31. The summed E-state index contributed by atoms with van der Waals surface area (Å²) in [7, 11) is 0. The first-order valence-corrected chi connectivity index (χ1v) is 9.32. The van der Waals surface area contributed by atoms with Crippen LogP contribution in [-0.4, -0.2) is 11.8 Å². The van der Waals surface area contributed by atoms with Gasteiger partial charge in [0.05, 0.1) is 16.9 Å². The number of nitrogens with zero attached hydrogens (tertiary/aromatic N) is 1. The molecular formula is C24H21N3O2. The van der Waals surface area contributed by atoms with E-state index in [0.717, 1.165) is 16.8 Å². The Kier molecular flexibility index (Phi) is 4.64. The number of amides is 2. The summed E-state index contributed by atoms with van der Waals surface area (Å²) in [4.78, 5) is 27.1. The molecule has 0 atom stereocenters. The molecule has 0 saturated heterocycles. The van der Waals surface area contributed by atoms with Crippen molar-refractivity contribution in [3.8, 4) is 0 Å². The molecule has 0 unspecified atom stereocenters. The quantitative estimate of drug-likeness (QED) is 0.661. The number of carbonyl (C=O) groups is 2. The van der Waals surface area contributed by atoms with E-state index in [2.05, 4.69) is 17.2 Å². The molecule has 1 aliphatic heterocycles. The van der Waals surface area contributed by atoms with E-state index >= 15 is 0 Å². The van der Waals surface area contributed by atoms with Gasteiger partial charge in [-0.15, -0.1) is 0 Å². The highest BCUT2D eigenvalue weighted by atomic mass is 16.2. The second-order valence-electron chi connectivity index (χ2n) is 7.06. The number of nitrogens with one attached hydrogen (secondary N) is 2. The van der Waals surface area contributed by atoms with E-state index in [1.54, 1.807) is 30.3 Å². The molecule has 3 aromatic rings. The largest absolute Gasteiger partial charge is 0.341 e. The van der Waals surface area contributed by atoms with Crippen molar-refractivity contribution >= 4 is 28.9 Å². The van der Waals surface area contributed by atoms with Crippen molar-refractivity contribution in [1.29, 1.82) is 0 Å². The number of hydrogen-bond donors (Lipinski definition) is 2. The summed E-state index contributed by atoms with van der Waals surface area (Å²) < 4.78 is 0. The Morgan fingerprint density at radius 3 is 2.55 bits per heavy atom. The number of hydrogen-bond acceptors (Lipinski definition) is 3. The normalized spacial score (nSPS) is 13.0. The summed E-state index contributed by atoms with van der Waals surface area (Å²) in [6.45, 7) is 7.97. The van der Waals surface area contributed by atoms with E-state index in [9.17, 15) is 9.59 Å². The van der Waals surface area contributed by atoms with Gasteiger partial charge in [-0.3, -0.25) is 14.5 Å². The monoisotopic (exact) mass is 383 g/mol. The molecule has 0 fully saturated rings. The van der Waals surface area contributed by atoms with Crippen molar-refractivity contribution in [1.82, 2.24) is 0 Å². The van der Waals surface area contributed by atoms with E-state index in [1.807, 2.05) is 50.2 Å². The number of anilines is 3. The molecule has 5 heteroatoms. The van der Waals surface area contributed by atoms with E-state index in [1.165, 1.54) is 4.90 Å². The Morgan fingerprint density at radius 2 is 1.76 bits per heavy atom. The summed E-state index contributed by atoms with van der Waals surface area (Å²) >= 11 is 0. The number of aryl methyl sites for hydroxylation is 2. The fourth-order valence-electron chi connectivity index (χ4n) is 3.31. The van der Waals surface area contributed by atoms with Crippen LogP contribution in [0.4, 0.5) is 17.1 Å². The van der Waals surface area contributed by atoms with E-state index < -0.39 is 0 Å². The summed E-state index contributed by atoms with van der Waals surface area (Å²) in [6.07, 6.45) is 0. The number of fused-ring (bicyclic) bond motifs is 1. The Hall–Kier alpha value is -3.86. The van der Waals surface area contributed by atoms with Gasteiger partial charge in [0.15, 0.2) is 0 Å². The van der Waals surface area contributed by atoms with Crippen LogP contribution in [-0.2, 0) is 0 Å². The third-order valence-electron chi connectivity index (χ3n) is 5.04. The number of rotatable bonds is 3. The van der Waals surface area contributed by atoms with E-state index in [-0.39, 0.29) is 11.8 Å². The molecule has 2 N–H and O–H groups in total. The van der Waals surface area contributed by atoms with Crippen LogP contribution in [0.3, 0.4) is 0 Å². The first-order valence-electron chi connectivity index (χ1n) is 9.32. The van der Waals surface area contributed by atoms with Gasteiger partial charge in [-0.2, -0.15) is 0 Å². The highest BCUT2D eigenvalue weighted by Gasteiger charge is 2.28. The molecule has 0 radical (unpaired) electrons. The zero-order valence-corrected chi connectivity index (χ0v) is 16.3. The average molecular weight is 383 g/mol. The van der Waals surface area contributed by atoms with Gasteiger partial charge in [-0.25, -0.2) is 0 Å². The van der Waals surface area contributed by atoms with Crippen LogP contribution < -0.4 is 15.5 Å². The highest BCUT2D eigenvalue weighted by molar-refractivity contribution is 6.14. The molecule has 29 heavy (non-hydrogen) atoms. The Labute approximate surface area is 169 Å². The van der Waals surface area contributed by atoms with Gasteiger partial charge in [0, 0.05) is 11.3 Å². The van der Waals surface area contributed by atoms with Crippen LogP contribution in [0, 0.1) is 13.8 Å². The first kappa shape index (κ1) is 18.5. The van der Waals surface area contributed by atoms with Crippen LogP contribution in [0.2, 0.25) is 0 Å². The van der Waals surface area contributed by atoms with Crippen LogP contribution in [0.25, 0.3) is 0 Å². The Balaban J connectivity index is 1.60. The standard InChI is InChI=1S/C24H21N3O2/c1-15-11-12-18(13-16(15)2)23(28)26-19-7-6-8-20(14-19)27-17(3)25-22-10-5-4-9-21(22)24(27)29/h4-14,25H,3H2,1-2H3,(H,26,28). The van der Waals surface area contributed by atoms with Gasteiger partial charge in [-0.1, -0.05) is 30.8 Å². The van der Waals surface area contributed by atoms with E-state index in [0.29, 0.717) is 28.3 Å². The molecular weight excluding hydrogens is 362 g/mol. The van der Waals surface area contributed by atoms with Crippen molar-refractivity contribution < 1.29 is 9.59 Å². The second kappa shape index (κ2) is 7.28. The summed E-state index contributed by atoms with van der Waals surface area (Å²) in [5, 5.41) is 6.07. The zero-order valence-electron chi connectivity index (χ0n) is 16.3. The summed E-state index contributed by atoms with van der Waals surface area (Å²) in [5.74, 6) is 0.103. The Bertz CT molecular complexity index is 1150. The average Bonchev–Trinajstić information content (AvgIpc) is 2.70. The minimum atomic E-state index is -0.197. The Morgan fingerprint density at radius 1 is 0.966 bits per heavy atom. The van der Waals surface area contributed by atoms with Crippen LogP contribution in [0.1, 0.15) is 31.8 Å². The lowest BCUT2D eigenvalue weighted by molar-refractivity contribution is 0.0992. The predicted octanol–water partition coefficient (Wildman–Crippen LogP) is 5.10. The fourth-order valence-corrected chi connectivity index (χ4v) is 3.31. The summed E-state index contributed by atoms with van der Waals surface area (Å²) in [5.41, 5.74) is 5.32. The molecule has 0 spiro atoms.